The molecule has 0 aliphatic carbocycles. The molecule has 4 aromatic rings. The van der Waals surface area contributed by atoms with Gasteiger partial charge in [0.1, 0.15) is 23.0 Å². The van der Waals surface area contributed by atoms with Gasteiger partial charge in [0.15, 0.2) is 13.6 Å². The van der Waals surface area contributed by atoms with Crippen LogP contribution in [0.2, 0.25) is 0 Å². The molecule has 0 aliphatic rings. The molecule has 0 saturated heterocycles. The maximum absolute atomic E-state index is 6.37. The van der Waals surface area contributed by atoms with Gasteiger partial charge in [0, 0.05) is 25.3 Å². The molecule has 298 valence electrons. The molecule has 0 amide bonds. The SMILES string of the molecule is CCCCCCCCCCCCOc1ccc2ccc(OCOC)c(-c3c(OCOC)ccc4ccc(OCCCCCCCCCCCC)cc34)c2c1. The number of unbranched alkanes of at least 4 members (excludes halogenated alkanes) is 18. The fourth-order valence-corrected chi connectivity index (χ4v) is 7.30. The van der Waals surface area contributed by atoms with E-state index in [1.54, 1.807) is 14.2 Å². The zero-order chi connectivity index (χ0) is 38.1. The third-order valence-electron chi connectivity index (χ3n) is 10.4. The number of hydrogen-bond acceptors (Lipinski definition) is 6. The Labute approximate surface area is 327 Å². The van der Waals surface area contributed by atoms with Crippen molar-refractivity contribution in [3.8, 4) is 34.1 Å². The van der Waals surface area contributed by atoms with Crippen LogP contribution in [0.3, 0.4) is 0 Å². The smallest absolute Gasteiger partial charge is 0.188 e. The Morgan fingerprint density at radius 3 is 1.06 bits per heavy atom. The molecule has 0 aromatic heterocycles. The maximum Gasteiger partial charge on any atom is 0.188 e. The topological polar surface area (TPSA) is 55.4 Å². The van der Waals surface area contributed by atoms with Crippen molar-refractivity contribution in [2.75, 3.05) is 41.0 Å². The molecule has 4 aromatic carbocycles. The summed E-state index contributed by atoms with van der Waals surface area (Å²) in [6, 6.07) is 20.9. The van der Waals surface area contributed by atoms with E-state index in [1.165, 1.54) is 116 Å². The van der Waals surface area contributed by atoms with Crippen LogP contribution in [-0.4, -0.2) is 41.0 Å². The molecule has 4 rings (SSSR count). The van der Waals surface area contributed by atoms with Crippen molar-refractivity contribution < 1.29 is 28.4 Å². The quantitative estimate of drug-likeness (QED) is 0.0378. The average molecular weight is 743 g/mol. The van der Waals surface area contributed by atoms with Crippen molar-refractivity contribution >= 4 is 21.5 Å². The highest BCUT2D eigenvalue weighted by molar-refractivity contribution is 6.10. The number of ether oxygens (including phenoxy) is 6. The second-order valence-electron chi connectivity index (χ2n) is 14.8. The Balaban J connectivity index is 1.51. The summed E-state index contributed by atoms with van der Waals surface area (Å²) in [5.74, 6) is 3.12. The lowest BCUT2D eigenvalue weighted by Crippen LogP contribution is -2.04. The summed E-state index contributed by atoms with van der Waals surface area (Å²) in [4.78, 5) is 0. The molecule has 0 N–H and O–H groups in total. The van der Waals surface area contributed by atoms with E-state index in [2.05, 4.69) is 62.4 Å². The van der Waals surface area contributed by atoms with E-state index < -0.39 is 0 Å². The van der Waals surface area contributed by atoms with Crippen molar-refractivity contribution in [1.82, 2.24) is 0 Å². The second kappa shape index (κ2) is 26.3. The summed E-state index contributed by atoms with van der Waals surface area (Å²) in [7, 11) is 3.28. The highest BCUT2D eigenvalue weighted by Crippen LogP contribution is 2.47. The number of fused-ring (bicyclic) bond motifs is 2. The fourth-order valence-electron chi connectivity index (χ4n) is 7.30. The van der Waals surface area contributed by atoms with Gasteiger partial charge in [-0.2, -0.15) is 0 Å². The van der Waals surface area contributed by atoms with Gasteiger partial charge in [0.2, 0.25) is 0 Å². The van der Waals surface area contributed by atoms with Crippen LogP contribution < -0.4 is 18.9 Å². The van der Waals surface area contributed by atoms with Crippen LogP contribution in [0.15, 0.2) is 60.7 Å². The summed E-state index contributed by atoms with van der Waals surface area (Å²) in [5, 5.41) is 4.22. The molecule has 0 aliphatic heterocycles. The van der Waals surface area contributed by atoms with Gasteiger partial charge < -0.3 is 28.4 Å². The minimum Gasteiger partial charge on any atom is -0.494 e. The molecule has 54 heavy (non-hydrogen) atoms. The average Bonchev–Trinajstić information content (AvgIpc) is 3.20. The van der Waals surface area contributed by atoms with Gasteiger partial charge in [0.05, 0.1) is 13.2 Å². The first-order valence-electron chi connectivity index (χ1n) is 21.3. The fraction of sp³-hybridized carbons (Fsp3) is 0.583. The summed E-state index contributed by atoms with van der Waals surface area (Å²) in [6.45, 7) is 6.21. The lowest BCUT2D eigenvalue weighted by Gasteiger charge is -2.20. The first-order chi connectivity index (χ1) is 26.7. The van der Waals surface area contributed by atoms with Crippen LogP contribution in [-0.2, 0) is 9.47 Å². The first kappa shape index (κ1) is 43.3. The molecule has 0 heterocycles. The molecule has 0 fully saturated rings. The van der Waals surface area contributed by atoms with Gasteiger partial charge in [0.25, 0.3) is 0 Å². The van der Waals surface area contributed by atoms with Crippen molar-refractivity contribution in [2.45, 2.75) is 142 Å². The number of hydrogen-bond donors (Lipinski definition) is 0. The monoisotopic (exact) mass is 743 g/mol. The largest absolute Gasteiger partial charge is 0.494 e. The number of benzene rings is 4. The highest BCUT2D eigenvalue weighted by atomic mass is 16.7. The molecule has 0 saturated carbocycles. The molecular formula is C48H70O6. The summed E-state index contributed by atoms with van der Waals surface area (Å²) < 4.78 is 36.0. The second-order valence-corrected chi connectivity index (χ2v) is 14.8. The molecule has 6 heteroatoms. The molecule has 0 unspecified atom stereocenters. The third kappa shape index (κ3) is 14.6. The minimum absolute atomic E-state index is 0.125. The summed E-state index contributed by atoms with van der Waals surface area (Å²) in [6.07, 6.45) is 26.0. The Hall–Kier alpha value is -3.48. The number of methoxy groups -OCH3 is 2. The molecule has 0 atom stereocenters. The van der Waals surface area contributed by atoms with E-state index in [4.69, 9.17) is 28.4 Å². The van der Waals surface area contributed by atoms with Crippen molar-refractivity contribution in [1.29, 1.82) is 0 Å². The van der Waals surface area contributed by atoms with Gasteiger partial charge in [-0.05, 0) is 70.8 Å². The molecular weight excluding hydrogens is 673 g/mol. The Bertz CT molecular complexity index is 1480. The summed E-state index contributed by atoms with van der Waals surface area (Å²) in [5.41, 5.74) is 1.86. The third-order valence-corrected chi connectivity index (χ3v) is 10.4. The van der Waals surface area contributed by atoms with E-state index in [9.17, 15) is 0 Å². The van der Waals surface area contributed by atoms with Crippen molar-refractivity contribution in [3.05, 3.63) is 60.7 Å². The van der Waals surface area contributed by atoms with Crippen LogP contribution in [0.5, 0.6) is 23.0 Å². The van der Waals surface area contributed by atoms with E-state index in [0.717, 1.165) is 57.0 Å². The van der Waals surface area contributed by atoms with E-state index in [-0.39, 0.29) is 13.6 Å². The van der Waals surface area contributed by atoms with Gasteiger partial charge in [-0.1, -0.05) is 154 Å². The number of rotatable bonds is 31. The lowest BCUT2D eigenvalue weighted by molar-refractivity contribution is 0.0502. The first-order valence-corrected chi connectivity index (χ1v) is 21.3. The Morgan fingerprint density at radius 2 is 0.704 bits per heavy atom. The van der Waals surface area contributed by atoms with E-state index in [1.807, 2.05) is 12.1 Å². The van der Waals surface area contributed by atoms with Crippen molar-refractivity contribution in [2.24, 2.45) is 0 Å². The van der Waals surface area contributed by atoms with Gasteiger partial charge in [-0.25, -0.2) is 0 Å². The standard InChI is InChI=1S/C48H70O6/c1-5-7-9-11-13-15-17-19-21-23-33-51-41-29-25-39-27-31-45(53-37-49-3)47(43(39)35-41)48-44-36-42(30-26-40(44)28-32-46(48)54-38-50-4)52-34-24-22-20-18-16-14-12-10-8-6-2/h25-32,35-36H,5-24,33-34,37-38H2,1-4H3. The van der Waals surface area contributed by atoms with Crippen LogP contribution >= 0.6 is 0 Å². The predicted molar refractivity (Wildman–Crippen MR) is 227 cm³/mol. The van der Waals surface area contributed by atoms with Gasteiger partial charge >= 0.3 is 0 Å². The van der Waals surface area contributed by atoms with Gasteiger partial charge in [-0.3, -0.25) is 0 Å². The van der Waals surface area contributed by atoms with E-state index >= 15 is 0 Å². The Kier molecular flexibility index (Phi) is 21.1. The maximum atomic E-state index is 6.37. The van der Waals surface area contributed by atoms with Crippen LogP contribution in [0.1, 0.15) is 142 Å². The zero-order valence-electron chi connectivity index (χ0n) is 34.2. The van der Waals surface area contributed by atoms with E-state index in [0.29, 0.717) is 24.7 Å². The Morgan fingerprint density at radius 1 is 0.370 bits per heavy atom. The normalized spacial score (nSPS) is 11.4. The molecule has 0 spiro atoms. The molecule has 0 radical (unpaired) electrons. The molecule has 6 nitrogen and oxygen atoms in total. The van der Waals surface area contributed by atoms with Crippen molar-refractivity contribution in [3.63, 3.8) is 0 Å². The predicted octanol–water partition coefficient (Wildman–Crippen LogP) is 14.2. The van der Waals surface area contributed by atoms with Crippen LogP contribution in [0, 0.1) is 0 Å². The molecule has 0 bridgehead atoms. The van der Waals surface area contributed by atoms with Crippen LogP contribution in [0.25, 0.3) is 32.7 Å². The summed E-state index contributed by atoms with van der Waals surface area (Å²) >= 11 is 0. The van der Waals surface area contributed by atoms with Gasteiger partial charge in [-0.15, -0.1) is 0 Å². The van der Waals surface area contributed by atoms with Crippen LogP contribution in [0.4, 0.5) is 0 Å². The highest BCUT2D eigenvalue weighted by Gasteiger charge is 2.20. The lowest BCUT2D eigenvalue weighted by atomic mass is 9.92. The zero-order valence-corrected chi connectivity index (χ0v) is 34.2. The minimum atomic E-state index is 0.125.